The second-order valence-electron chi connectivity index (χ2n) is 6.10. The highest BCUT2D eigenvalue weighted by molar-refractivity contribution is 5.45. The average Bonchev–Trinajstić information content (AvgIpc) is 3.02. The third-order valence-corrected chi connectivity index (χ3v) is 4.62. The zero-order valence-corrected chi connectivity index (χ0v) is 13.7. The van der Waals surface area contributed by atoms with Crippen molar-refractivity contribution in [2.24, 2.45) is 0 Å². The van der Waals surface area contributed by atoms with Gasteiger partial charge < -0.3 is 9.84 Å². The van der Waals surface area contributed by atoms with Crippen LogP contribution < -0.4 is 4.74 Å². The topological polar surface area (TPSA) is 50.5 Å². The Morgan fingerprint density at radius 3 is 2.96 bits per heavy atom. The third-order valence-electron chi connectivity index (χ3n) is 4.62. The predicted molar refractivity (Wildman–Crippen MR) is 89.9 cm³/mol. The lowest BCUT2D eigenvalue weighted by Crippen LogP contribution is -2.37. The molecule has 1 atom stereocenters. The van der Waals surface area contributed by atoms with Crippen molar-refractivity contribution in [1.29, 1.82) is 0 Å². The first-order valence-electron chi connectivity index (χ1n) is 8.33. The lowest BCUT2D eigenvalue weighted by atomic mass is 10.1. The number of hydrogen-bond acceptors (Lipinski definition) is 4. The molecule has 2 aromatic rings. The van der Waals surface area contributed by atoms with E-state index in [9.17, 15) is 5.11 Å². The lowest BCUT2D eigenvalue weighted by Gasteiger charge is -2.29. The van der Waals surface area contributed by atoms with Crippen molar-refractivity contribution in [3.05, 3.63) is 42.2 Å². The maximum atomic E-state index is 9.73. The van der Waals surface area contributed by atoms with Crippen LogP contribution in [0.4, 0.5) is 0 Å². The number of aliphatic hydroxyl groups is 1. The standard InChI is InChI=1S/C18H25N3O2/c1-23-17-7-8-18(21-11-5-9-19-21)15(12-17)13-20-10-4-2-3-6-16(20)14-22/h5,7-9,11-12,16,22H,2-4,6,10,13-14H2,1H3/t16-/m0/s1. The van der Waals surface area contributed by atoms with Crippen LogP contribution in [0.2, 0.25) is 0 Å². The van der Waals surface area contributed by atoms with Crippen LogP contribution in [0.25, 0.3) is 5.69 Å². The van der Waals surface area contributed by atoms with Crippen molar-refractivity contribution < 1.29 is 9.84 Å². The Hall–Kier alpha value is -1.85. The molecule has 3 rings (SSSR count). The molecule has 5 heteroatoms. The van der Waals surface area contributed by atoms with Crippen LogP contribution in [0.3, 0.4) is 0 Å². The van der Waals surface area contributed by atoms with E-state index < -0.39 is 0 Å². The molecule has 0 unspecified atom stereocenters. The smallest absolute Gasteiger partial charge is 0.119 e. The number of aromatic nitrogens is 2. The summed E-state index contributed by atoms with van der Waals surface area (Å²) in [6.07, 6.45) is 8.45. The third kappa shape index (κ3) is 3.74. The first kappa shape index (κ1) is 16.0. The van der Waals surface area contributed by atoms with Crippen LogP contribution in [-0.2, 0) is 6.54 Å². The van der Waals surface area contributed by atoms with Gasteiger partial charge in [-0.15, -0.1) is 0 Å². The molecule has 0 saturated carbocycles. The molecule has 124 valence electrons. The van der Waals surface area contributed by atoms with E-state index in [4.69, 9.17) is 4.74 Å². The summed E-state index contributed by atoms with van der Waals surface area (Å²) in [4.78, 5) is 2.40. The average molecular weight is 315 g/mol. The van der Waals surface area contributed by atoms with Crippen molar-refractivity contribution in [3.63, 3.8) is 0 Å². The van der Waals surface area contributed by atoms with Crippen LogP contribution in [0.5, 0.6) is 5.75 Å². The summed E-state index contributed by atoms with van der Waals surface area (Å²) in [7, 11) is 1.69. The van der Waals surface area contributed by atoms with E-state index >= 15 is 0 Å². The van der Waals surface area contributed by atoms with Crippen molar-refractivity contribution in [1.82, 2.24) is 14.7 Å². The number of rotatable bonds is 5. The van der Waals surface area contributed by atoms with Crippen LogP contribution in [0, 0.1) is 0 Å². The van der Waals surface area contributed by atoms with Gasteiger partial charge >= 0.3 is 0 Å². The van der Waals surface area contributed by atoms with E-state index in [2.05, 4.69) is 16.1 Å². The first-order valence-corrected chi connectivity index (χ1v) is 8.33. The number of aliphatic hydroxyl groups excluding tert-OH is 1. The van der Waals surface area contributed by atoms with Gasteiger partial charge in [0, 0.05) is 25.0 Å². The summed E-state index contributed by atoms with van der Waals surface area (Å²) in [5.74, 6) is 0.853. The molecular weight excluding hydrogens is 290 g/mol. The second kappa shape index (κ2) is 7.62. The Kier molecular flexibility index (Phi) is 5.31. The van der Waals surface area contributed by atoms with Crippen molar-refractivity contribution in [3.8, 4) is 11.4 Å². The summed E-state index contributed by atoms with van der Waals surface area (Å²) in [6.45, 7) is 2.06. The van der Waals surface area contributed by atoms with Gasteiger partial charge in [-0.1, -0.05) is 12.8 Å². The molecule has 0 aliphatic carbocycles. The van der Waals surface area contributed by atoms with E-state index in [1.54, 1.807) is 13.3 Å². The van der Waals surface area contributed by atoms with Gasteiger partial charge in [0.15, 0.2) is 0 Å². The minimum absolute atomic E-state index is 0.223. The number of ether oxygens (including phenoxy) is 1. The van der Waals surface area contributed by atoms with E-state index in [1.165, 1.54) is 24.8 Å². The fraction of sp³-hybridized carbons (Fsp3) is 0.500. The summed E-state index contributed by atoms with van der Waals surface area (Å²) in [5, 5.41) is 14.1. The van der Waals surface area contributed by atoms with Gasteiger partial charge in [0.25, 0.3) is 0 Å². The Morgan fingerprint density at radius 2 is 2.22 bits per heavy atom. The van der Waals surface area contributed by atoms with E-state index in [0.29, 0.717) is 0 Å². The molecule has 1 aliphatic rings. The highest BCUT2D eigenvalue weighted by Crippen LogP contribution is 2.25. The minimum atomic E-state index is 0.223. The van der Waals surface area contributed by atoms with Crippen LogP contribution >= 0.6 is 0 Å². The Morgan fingerprint density at radius 1 is 1.30 bits per heavy atom. The van der Waals surface area contributed by atoms with E-state index in [-0.39, 0.29) is 12.6 Å². The number of benzene rings is 1. The van der Waals surface area contributed by atoms with E-state index in [0.717, 1.165) is 30.9 Å². The van der Waals surface area contributed by atoms with Gasteiger partial charge in [-0.3, -0.25) is 4.90 Å². The molecule has 1 fully saturated rings. The lowest BCUT2D eigenvalue weighted by molar-refractivity contribution is 0.118. The maximum Gasteiger partial charge on any atom is 0.119 e. The zero-order chi connectivity index (χ0) is 16.1. The van der Waals surface area contributed by atoms with Crippen LogP contribution in [-0.4, -0.2) is 46.1 Å². The quantitative estimate of drug-likeness (QED) is 0.921. The molecule has 0 bridgehead atoms. The minimum Gasteiger partial charge on any atom is -0.497 e. The number of methoxy groups -OCH3 is 1. The Labute approximate surface area is 137 Å². The number of likely N-dealkylation sites (tertiary alicyclic amines) is 1. The molecule has 2 heterocycles. The predicted octanol–water partition coefficient (Wildman–Crippen LogP) is 2.62. The van der Waals surface area contributed by atoms with Crippen molar-refractivity contribution >= 4 is 0 Å². The number of nitrogens with zero attached hydrogens (tertiary/aromatic N) is 3. The molecule has 23 heavy (non-hydrogen) atoms. The number of hydrogen-bond donors (Lipinski definition) is 1. The van der Waals surface area contributed by atoms with Gasteiger partial charge in [-0.05, 0) is 49.2 Å². The molecule has 0 amide bonds. The van der Waals surface area contributed by atoms with Crippen molar-refractivity contribution in [2.75, 3.05) is 20.3 Å². The molecule has 1 aliphatic heterocycles. The monoisotopic (exact) mass is 315 g/mol. The summed E-state index contributed by atoms with van der Waals surface area (Å²) in [6, 6.07) is 8.26. The van der Waals surface area contributed by atoms with Gasteiger partial charge in [-0.2, -0.15) is 5.10 Å². The summed E-state index contributed by atoms with van der Waals surface area (Å²) in [5.41, 5.74) is 2.24. The maximum absolute atomic E-state index is 9.73. The Balaban J connectivity index is 1.90. The van der Waals surface area contributed by atoms with Crippen LogP contribution in [0.15, 0.2) is 36.7 Å². The molecule has 5 nitrogen and oxygen atoms in total. The highest BCUT2D eigenvalue weighted by Gasteiger charge is 2.21. The van der Waals surface area contributed by atoms with Gasteiger partial charge in [0.05, 0.1) is 19.4 Å². The fourth-order valence-corrected chi connectivity index (χ4v) is 3.32. The zero-order valence-electron chi connectivity index (χ0n) is 13.7. The molecule has 1 N–H and O–H groups in total. The molecule has 1 saturated heterocycles. The molecule has 1 aromatic carbocycles. The first-order chi connectivity index (χ1) is 11.3. The SMILES string of the molecule is COc1ccc(-n2cccn2)c(CN2CCCCC[C@H]2CO)c1. The van der Waals surface area contributed by atoms with Crippen LogP contribution in [0.1, 0.15) is 31.2 Å². The molecule has 0 radical (unpaired) electrons. The van der Waals surface area contributed by atoms with Gasteiger partial charge in [0.2, 0.25) is 0 Å². The van der Waals surface area contributed by atoms with Gasteiger partial charge in [0.1, 0.15) is 5.75 Å². The second-order valence-corrected chi connectivity index (χ2v) is 6.10. The largest absolute Gasteiger partial charge is 0.497 e. The molecular formula is C18H25N3O2. The normalized spacial score (nSPS) is 19.5. The molecule has 0 spiro atoms. The van der Waals surface area contributed by atoms with Crippen molar-refractivity contribution in [2.45, 2.75) is 38.3 Å². The fourth-order valence-electron chi connectivity index (χ4n) is 3.32. The van der Waals surface area contributed by atoms with E-state index in [1.807, 2.05) is 29.1 Å². The summed E-state index contributed by atoms with van der Waals surface area (Å²) < 4.78 is 7.29. The Bertz CT molecular complexity index is 613. The molecule has 1 aromatic heterocycles. The summed E-state index contributed by atoms with van der Waals surface area (Å²) >= 11 is 0. The highest BCUT2D eigenvalue weighted by atomic mass is 16.5. The van der Waals surface area contributed by atoms with Gasteiger partial charge in [-0.25, -0.2) is 4.68 Å².